The number of aromatic nitrogens is 1. The summed E-state index contributed by atoms with van der Waals surface area (Å²) in [6.07, 6.45) is 0. The maximum Gasteiger partial charge on any atom is 0.325 e. The van der Waals surface area contributed by atoms with Gasteiger partial charge in [-0.1, -0.05) is 12.1 Å². The number of sulfonamides is 1. The number of Topliss-reactive ketones (excluding diaryl/α,β-unsaturated/α-hetero) is 1. The van der Waals surface area contributed by atoms with Crippen molar-refractivity contribution < 1.29 is 31.9 Å². The highest BCUT2D eigenvalue weighted by atomic mass is 32.2. The van der Waals surface area contributed by atoms with Gasteiger partial charge in [-0.05, 0) is 56.3 Å². The molecule has 0 unspecified atom stereocenters. The Morgan fingerprint density at radius 3 is 2.29 bits per heavy atom. The summed E-state index contributed by atoms with van der Waals surface area (Å²) in [7, 11) is -3.83. The summed E-state index contributed by atoms with van der Waals surface area (Å²) >= 11 is 0. The van der Waals surface area contributed by atoms with Crippen molar-refractivity contribution in [2.45, 2.75) is 18.7 Å². The van der Waals surface area contributed by atoms with Gasteiger partial charge in [0.25, 0.3) is 5.91 Å². The fourth-order valence-electron chi connectivity index (χ4n) is 3.40. The summed E-state index contributed by atoms with van der Waals surface area (Å²) in [6.45, 7) is 2.38. The van der Waals surface area contributed by atoms with Crippen molar-refractivity contribution in [3.63, 3.8) is 0 Å². The number of hydrogen-bond donors (Lipinski definition) is 2. The van der Waals surface area contributed by atoms with Crippen LogP contribution in [0.1, 0.15) is 32.1 Å². The first-order chi connectivity index (χ1) is 16.0. The highest BCUT2D eigenvalue weighted by Crippen LogP contribution is 2.22. The van der Waals surface area contributed by atoms with Crippen LogP contribution >= 0.6 is 0 Å². The number of ketones is 1. The number of esters is 1. The lowest BCUT2D eigenvalue weighted by Gasteiger charge is -2.11. The van der Waals surface area contributed by atoms with Gasteiger partial charge in [-0.3, -0.25) is 14.4 Å². The molecule has 0 radical (unpaired) electrons. The zero-order chi connectivity index (χ0) is 25.0. The number of nitrogens with zero attached hydrogens (tertiary/aromatic N) is 1. The number of aryl methyl sites for hydroxylation is 1. The first-order valence-corrected chi connectivity index (χ1v) is 11.6. The summed E-state index contributed by atoms with van der Waals surface area (Å²) in [5.74, 6) is -2.82. The van der Waals surface area contributed by atoms with E-state index in [0.717, 1.165) is 6.07 Å². The van der Waals surface area contributed by atoms with E-state index in [1.807, 2.05) is 0 Å². The maximum absolute atomic E-state index is 13.6. The number of amides is 1. The van der Waals surface area contributed by atoms with E-state index in [1.54, 1.807) is 36.6 Å². The molecule has 3 rings (SSSR count). The number of rotatable bonds is 8. The highest BCUT2D eigenvalue weighted by Gasteiger charge is 2.19. The molecule has 0 saturated heterocycles. The number of benzene rings is 2. The summed E-state index contributed by atoms with van der Waals surface area (Å²) in [5, 5.41) is 7.36. The van der Waals surface area contributed by atoms with Gasteiger partial charge in [-0.2, -0.15) is 0 Å². The highest BCUT2D eigenvalue weighted by molar-refractivity contribution is 7.89. The molecule has 9 nitrogen and oxygen atoms in total. The molecule has 11 heteroatoms. The third-order valence-electron chi connectivity index (χ3n) is 5.03. The van der Waals surface area contributed by atoms with Crippen LogP contribution in [0, 0.1) is 19.7 Å². The number of nitrogens with two attached hydrogens (primary N) is 1. The summed E-state index contributed by atoms with van der Waals surface area (Å²) in [5.41, 5.74) is 1.99. The second kappa shape index (κ2) is 9.98. The average molecular weight is 488 g/mol. The first kappa shape index (κ1) is 24.8. The van der Waals surface area contributed by atoms with Crippen molar-refractivity contribution in [3.05, 3.63) is 82.9 Å². The van der Waals surface area contributed by atoms with E-state index >= 15 is 0 Å². The van der Waals surface area contributed by atoms with Crippen LogP contribution < -0.4 is 10.5 Å². The average Bonchev–Trinajstić information content (AvgIpc) is 3.09. The molecule has 0 fully saturated rings. The fourth-order valence-corrected chi connectivity index (χ4v) is 3.91. The molecule has 1 heterocycles. The summed E-state index contributed by atoms with van der Waals surface area (Å²) in [4.78, 5) is 36.5. The quantitative estimate of drug-likeness (QED) is 0.368. The summed E-state index contributed by atoms with van der Waals surface area (Å²) < 4.78 is 43.2. The third kappa shape index (κ3) is 5.56. The number of ether oxygens (including phenoxy) is 1. The Labute approximate surface area is 195 Å². The normalized spacial score (nSPS) is 11.2. The largest absolute Gasteiger partial charge is 0.456 e. The fraction of sp³-hybridized carbons (Fsp3) is 0.174. The molecule has 0 spiro atoms. The van der Waals surface area contributed by atoms with Gasteiger partial charge in [0.2, 0.25) is 15.8 Å². The molecule has 0 atom stereocenters. The number of hydrogen-bond acceptors (Lipinski definition) is 6. The van der Waals surface area contributed by atoms with Crippen LogP contribution in [-0.4, -0.2) is 43.8 Å². The van der Waals surface area contributed by atoms with E-state index in [-0.39, 0.29) is 10.5 Å². The molecule has 0 aliphatic heterocycles. The topological polar surface area (TPSA) is 138 Å². The molecular formula is C23H22FN3O6S. The van der Waals surface area contributed by atoms with Gasteiger partial charge in [-0.25, -0.2) is 17.9 Å². The zero-order valence-electron chi connectivity index (χ0n) is 18.4. The second-order valence-electron chi connectivity index (χ2n) is 7.41. The van der Waals surface area contributed by atoms with Crippen molar-refractivity contribution in [3.8, 4) is 5.69 Å². The molecule has 1 amide bonds. The molecule has 34 heavy (non-hydrogen) atoms. The Kier molecular flexibility index (Phi) is 7.28. The van der Waals surface area contributed by atoms with Crippen LogP contribution in [0.5, 0.6) is 0 Å². The SMILES string of the molecule is Cc1cc(C(=O)COC(=O)CNC(=O)c2ccccc2F)c(C)n1-c1ccc(S(N)(=O)=O)cc1. The predicted octanol–water partition coefficient (Wildman–Crippen LogP) is 2.04. The number of nitrogens with one attached hydrogen (secondary N) is 1. The molecule has 1 aromatic heterocycles. The number of carbonyl (C=O) groups is 3. The lowest BCUT2D eigenvalue weighted by molar-refractivity contribution is -0.141. The first-order valence-electron chi connectivity index (χ1n) is 10.0. The molecule has 3 aromatic rings. The van der Waals surface area contributed by atoms with Crippen LogP contribution in [0.4, 0.5) is 4.39 Å². The van der Waals surface area contributed by atoms with Gasteiger partial charge < -0.3 is 14.6 Å². The van der Waals surface area contributed by atoms with Crippen molar-refractivity contribution in [2.24, 2.45) is 5.14 Å². The van der Waals surface area contributed by atoms with Crippen molar-refractivity contribution in [1.29, 1.82) is 0 Å². The number of carbonyl (C=O) groups excluding carboxylic acids is 3. The van der Waals surface area contributed by atoms with Gasteiger partial charge in [0.1, 0.15) is 12.4 Å². The van der Waals surface area contributed by atoms with Crippen LogP contribution in [0.3, 0.4) is 0 Å². The molecule has 2 aromatic carbocycles. The molecule has 178 valence electrons. The van der Waals surface area contributed by atoms with E-state index in [9.17, 15) is 27.2 Å². The monoisotopic (exact) mass is 487 g/mol. The Morgan fingerprint density at radius 1 is 1.03 bits per heavy atom. The Balaban J connectivity index is 1.63. The zero-order valence-corrected chi connectivity index (χ0v) is 19.2. The van der Waals surface area contributed by atoms with E-state index in [0.29, 0.717) is 22.6 Å². The Hall–Kier alpha value is -3.83. The standard InChI is InChI=1S/C23H22FN3O6S/c1-14-11-19(15(2)27(14)16-7-9-17(10-8-16)34(25,31)32)21(28)13-33-22(29)12-26-23(30)18-5-3-4-6-20(18)24/h3-11H,12-13H2,1-2H3,(H,26,30)(H2,25,31,32). The lowest BCUT2D eigenvalue weighted by Crippen LogP contribution is -2.32. The van der Waals surface area contributed by atoms with Crippen LogP contribution in [0.25, 0.3) is 5.69 Å². The Morgan fingerprint density at radius 2 is 1.68 bits per heavy atom. The van der Waals surface area contributed by atoms with E-state index in [4.69, 9.17) is 9.88 Å². The Bertz CT molecular complexity index is 1360. The van der Waals surface area contributed by atoms with Crippen molar-refractivity contribution in [2.75, 3.05) is 13.2 Å². The van der Waals surface area contributed by atoms with E-state index in [1.165, 1.54) is 30.3 Å². The minimum Gasteiger partial charge on any atom is -0.456 e. The molecule has 3 N–H and O–H groups in total. The van der Waals surface area contributed by atoms with Crippen LogP contribution in [0.2, 0.25) is 0 Å². The van der Waals surface area contributed by atoms with Crippen molar-refractivity contribution >= 4 is 27.7 Å². The van der Waals surface area contributed by atoms with Crippen molar-refractivity contribution in [1.82, 2.24) is 9.88 Å². The maximum atomic E-state index is 13.6. The van der Waals surface area contributed by atoms with Gasteiger partial charge in [0, 0.05) is 22.6 Å². The minimum absolute atomic E-state index is 0.0379. The summed E-state index contributed by atoms with van der Waals surface area (Å²) in [6, 6.07) is 12.8. The van der Waals surface area contributed by atoms with Gasteiger partial charge in [0.05, 0.1) is 10.5 Å². The van der Waals surface area contributed by atoms with Gasteiger partial charge >= 0.3 is 5.97 Å². The van der Waals surface area contributed by atoms with E-state index < -0.39 is 46.7 Å². The van der Waals surface area contributed by atoms with E-state index in [2.05, 4.69) is 5.32 Å². The molecule has 0 bridgehead atoms. The van der Waals surface area contributed by atoms with Gasteiger partial charge in [0.15, 0.2) is 6.61 Å². The van der Waals surface area contributed by atoms with Crippen LogP contribution in [0.15, 0.2) is 59.5 Å². The smallest absolute Gasteiger partial charge is 0.325 e. The minimum atomic E-state index is -3.83. The third-order valence-corrected chi connectivity index (χ3v) is 5.96. The molecule has 0 saturated carbocycles. The van der Waals surface area contributed by atoms with Gasteiger partial charge in [-0.15, -0.1) is 0 Å². The number of primary sulfonamides is 1. The molecule has 0 aliphatic rings. The molecule has 0 aliphatic carbocycles. The number of halogens is 1. The second-order valence-corrected chi connectivity index (χ2v) is 8.97. The van der Waals surface area contributed by atoms with Crippen LogP contribution in [-0.2, 0) is 19.6 Å². The lowest BCUT2D eigenvalue weighted by atomic mass is 10.1. The molecular weight excluding hydrogens is 465 g/mol. The predicted molar refractivity (Wildman–Crippen MR) is 121 cm³/mol.